The summed E-state index contributed by atoms with van der Waals surface area (Å²) in [6.07, 6.45) is 0. The molecule has 0 fully saturated rings. The Morgan fingerprint density at radius 1 is 1.05 bits per heavy atom. The molecule has 126 valence electrons. The number of nitrogens with two attached hydrogens (primary N) is 1. The highest BCUT2D eigenvalue weighted by molar-refractivity contribution is 7.54. The molecule has 0 aromatic heterocycles. The third kappa shape index (κ3) is 5.70. The minimum Gasteiger partial charge on any atom is -0.465 e. The van der Waals surface area contributed by atoms with Crippen LogP contribution in [0.5, 0.6) is 0 Å². The molecule has 0 rings (SSSR count). The average Bonchev–Trinajstić information content (AvgIpc) is 2.39. The maximum absolute atomic E-state index is 12.9. The lowest BCUT2D eigenvalue weighted by Gasteiger charge is -2.34. The zero-order valence-electron chi connectivity index (χ0n) is 14.0. The molecule has 6 nitrogen and oxygen atoms in total. The highest BCUT2D eigenvalue weighted by Crippen LogP contribution is 2.56. The van der Waals surface area contributed by atoms with Crippen LogP contribution in [0, 0.1) is 11.8 Å². The molecule has 0 aliphatic heterocycles. The lowest BCUT2D eigenvalue weighted by atomic mass is 9.86. The Morgan fingerprint density at radius 3 is 1.86 bits per heavy atom. The van der Waals surface area contributed by atoms with Crippen molar-refractivity contribution in [3.8, 4) is 0 Å². The smallest absolute Gasteiger partial charge is 0.333 e. The number of hydrogen-bond acceptors (Lipinski definition) is 6. The van der Waals surface area contributed by atoms with Crippen LogP contribution in [0.3, 0.4) is 0 Å². The highest BCUT2D eigenvalue weighted by Gasteiger charge is 2.43. The van der Waals surface area contributed by atoms with Crippen molar-refractivity contribution in [1.82, 2.24) is 0 Å². The lowest BCUT2D eigenvalue weighted by Crippen LogP contribution is -2.46. The van der Waals surface area contributed by atoms with Crippen molar-refractivity contribution in [2.45, 2.75) is 53.2 Å². The van der Waals surface area contributed by atoms with E-state index in [1.54, 1.807) is 27.7 Å². The quantitative estimate of drug-likeness (QED) is 0.491. The molecule has 0 saturated carbocycles. The number of ether oxygens (including phenoxy) is 1. The van der Waals surface area contributed by atoms with Gasteiger partial charge in [-0.1, -0.05) is 20.8 Å². The lowest BCUT2D eigenvalue weighted by molar-refractivity contribution is -0.146. The molecular formula is C14H30NO5P. The zero-order valence-corrected chi connectivity index (χ0v) is 14.9. The van der Waals surface area contributed by atoms with Gasteiger partial charge in [-0.05, 0) is 26.7 Å². The first-order valence-corrected chi connectivity index (χ1v) is 9.17. The van der Waals surface area contributed by atoms with E-state index in [-0.39, 0.29) is 31.7 Å². The Kier molecular flexibility index (Phi) is 9.38. The molecule has 7 heteroatoms. The van der Waals surface area contributed by atoms with E-state index in [2.05, 4.69) is 0 Å². The molecule has 0 radical (unpaired) electrons. The van der Waals surface area contributed by atoms with Crippen LogP contribution in [0.15, 0.2) is 0 Å². The summed E-state index contributed by atoms with van der Waals surface area (Å²) >= 11 is 0. The maximum atomic E-state index is 12.9. The van der Waals surface area contributed by atoms with E-state index in [4.69, 9.17) is 19.5 Å². The van der Waals surface area contributed by atoms with Gasteiger partial charge in [-0.25, -0.2) is 0 Å². The van der Waals surface area contributed by atoms with Crippen LogP contribution in [0.1, 0.15) is 41.5 Å². The van der Waals surface area contributed by atoms with Gasteiger partial charge in [0.1, 0.15) is 6.04 Å². The molecule has 0 amide bonds. The largest absolute Gasteiger partial charge is 0.465 e. The summed E-state index contributed by atoms with van der Waals surface area (Å²) in [6.45, 7) is 11.7. The van der Waals surface area contributed by atoms with Crippen LogP contribution in [0.2, 0.25) is 0 Å². The topological polar surface area (TPSA) is 87.9 Å². The Bertz CT molecular complexity index is 351. The SMILES string of the molecule is CCOC(=O)[C@@H](N)[C@@H](C(C)C)[C@H](C)P(=O)(OCC)OCC. The first-order chi connectivity index (χ1) is 9.75. The number of rotatable bonds is 10. The van der Waals surface area contributed by atoms with Crippen LogP contribution in [-0.2, 0) is 23.1 Å². The summed E-state index contributed by atoms with van der Waals surface area (Å²) in [6, 6.07) is -0.853. The molecular weight excluding hydrogens is 293 g/mol. The molecule has 0 spiro atoms. The van der Waals surface area contributed by atoms with Crippen molar-refractivity contribution in [3.05, 3.63) is 0 Å². The van der Waals surface area contributed by atoms with Gasteiger partial charge in [0.15, 0.2) is 0 Å². The van der Waals surface area contributed by atoms with Gasteiger partial charge in [0.05, 0.1) is 25.5 Å². The second kappa shape index (κ2) is 9.57. The van der Waals surface area contributed by atoms with Crippen molar-refractivity contribution < 1.29 is 23.1 Å². The Balaban J connectivity index is 5.34. The van der Waals surface area contributed by atoms with E-state index in [0.717, 1.165) is 0 Å². The summed E-state index contributed by atoms with van der Waals surface area (Å²) in [5, 5.41) is 0. The van der Waals surface area contributed by atoms with Gasteiger partial charge >= 0.3 is 13.6 Å². The number of esters is 1. The second-order valence-corrected chi connectivity index (χ2v) is 7.63. The average molecular weight is 323 g/mol. The van der Waals surface area contributed by atoms with E-state index < -0.39 is 25.3 Å². The molecule has 0 bridgehead atoms. The molecule has 21 heavy (non-hydrogen) atoms. The Morgan fingerprint density at radius 2 is 1.52 bits per heavy atom. The van der Waals surface area contributed by atoms with E-state index in [9.17, 15) is 9.36 Å². The summed E-state index contributed by atoms with van der Waals surface area (Å²) < 4.78 is 28.6. The van der Waals surface area contributed by atoms with Gasteiger partial charge in [0, 0.05) is 5.92 Å². The molecule has 0 unspecified atom stereocenters. The predicted molar refractivity (Wildman–Crippen MR) is 83.3 cm³/mol. The number of hydrogen-bond donors (Lipinski definition) is 1. The maximum Gasteiger partial charge on any atom is 0.333 e. The molecule has 0 heterocycles. The van der Waals surface area contributed by atoms with Crippen LogP contribution in [-0.4, -0.2) is 37.5 Å². The van der Waals surface area contributed by atoms with Gasteiger partial charge in [0.25, 0.3) is 0 Å². The molecule has 0 saturated heterocycles. The van der Waals surface area contributed by atoms with E-state index in [1.807, 2.05) is 13.8 Å². The van der Waals surface area contributed by atoms with Gasteiger partial charge in [-0.3, -0.25) is 9.36 Å². The van der Waals surface area contributed by atoms with E-state index >= 15 is 0 Å². The summed E-state index contributed by atoms with van der Waals surface area (Å²) in [5.41, 5.74) is 5.54. The normalized spacial score (nSPS) is 16.6. The molecule has 2 N–H and O–H groups in total. The van der Waals surface area contributed by atoms with Gasteiger partial charge in [-0.2, -0.15) is 0 Å². The number of carbonyl (C=O) groups excluding carboxylic acids is 1. The predicted octanol–water partition coefficient (Wildman–Crippen LogP) is 2.80. The van der Waals surface area contributed by atoms with Crippen molar-refractivity contribution in [2.24, 2.45) is 17.6 Å². The van der Waals surface area contributed by atoms with Crippen molar-refractivity contribution >= 4 is 13.6 Å². The molecule has 0 aliphatic carbocycles. The van der Waals surface area contributed by atoms with E-state index in [0.29, 0.717) is 0 Å². The zero-order chi connectivity index (χ0) is 16.6. The molecule has 0 aromatic carbocycles. The fourth-order valence-electron chi connectivity index (χ4n) is 2.51. The van der Waals surface area contributed by atoms with Crippen molar-refractivity contribution in [3.63, 3.8) is 0 Å². The summed E-state index contributed by atoms with van der Waals surface area (Å²) in [4.78, 5) is 11.9. The van der Waals surface area contributed by atoms with E-state index in [1.165, 1.54) is 0 Å². The van der Waals surface area contributed by atoms with Crippen molar-refractivity contribution in [1.29, 1.82) is 0 Å². The minimum atomic E-state index is -3.32. The minimum absolute atomic E-state index is 0.0358. The fraction of sp³-hybridized carbons (Fsp3) is 0.929. The molecule has 0 aromatic rings. The van der Waals surface area contributed by atoms with Crippen LogP contribution in [0.25, 0.3) is 0 Å². The van der Waals surface area contributed by atoms with Crippen LogP contribution in [0.4, 0.5) is 0 Å². The van der Waals surface area contributed by atoms with Crippen molar-refractivity contribution in [2.75, 3.05) is 19.8 Å². The third-order valence-electron chi connectivity index (χ3n) is 3.42. The first-order valence-electron chi connectivity index (χ1n) is 7.56. The number of carbonyl (C=O) groups is 1. The van der Waals surface area contributed by atoms with Crippen LogP contribution < -0.4 is 5.73 Å². The third-order valence-corrected chi connectivity index (χ3v) is 6.00. The summed E-state index contributed by atoms with van der Waals surface area (Å²) in [5.74, 6) is -0.802. The van der Waals surface area contributed by atoms with Gasteiger partial charge in [0.2, 0.25) is 0 Å². The fourth-order valence-corrected chi connectivity index (χ4v) is 4.73. The monoisotopic (exact) mass is 323 g/mol. The van der Waals surface area contributed by atoms with Crippen LogP contribution >= 0.6 is 7.60 Å². The standard InChI is InChI=1S/C14H30NO5P/c1-7-18-14(16)13(15)12(10(4)5)11(6)21(17,19-8-2)20-9-3/h10-13H,7-9,15H2,1-6H3/t11-,12-,13-/m0/s1. The van der Waals surface area contributed by atoms with Gasteiger partial charge in [-0.15, -0.1) is 0 Å². The van der Waals surface area contributed by atoms with Gasteiger partial charge < -0.3 is 19.5 Å². The summed E-state index contributed by atoms with van der Waals surface area (Å²) in [7, 11) is -3.32. The first kappa shape index (κ1) is 20.6. The highest BCUT2D eigenvalue weighted by atomic mass is 31.2. The second-order valence-electron chi connectivity index (χ2n) is 5.22. The molecule has 0 aliphatic rings. The Hall–Kier alpha value is -0.420. The Labute approximate surface area is 128 Å². The molecule has 3 atom stereocenters.